The molecule has 1 fully saturated rings. The maximum Gasteiger partial charge on any atom is 0.418 e. The SMILES string of the molecule is O=C(c1cccc(Cl)c1)[C@H]1CCCN(C(=O)Nc2ccccc2C(F)(F)F)C1. The number of hydrogen-bond acceptors (Lipinski definition) is 2. The number of halogens is 4. The van der Waals surface area contributed by atoms with E-state index >= 15 is 0 Å². The number of anilines is 1. The van der Waals surface area contributed by atoms with Gasteiger partial charge in [-0.1, -0.05) is 35.9 Å². The van der Waals surface area contributed by atoms with Crippen LogP contribution < -0.4 is 5.32 Å². The molecular weight excluding hydrogens is 393 g/mol. The highest BCUT2D eigenvalue weighted by Crippen LogP contribution is 2.34. The Bertz CT molecular complexity index is 886. The third-order valence-corrected chi connectivity index (χ3v) is 4.90. The molecule has 1 N–H and O–H groups in total. The van der Waals surface area contributed by atoms with Crippen LogP contribution in [0.15, 0.2) is 48.5 Å². The maximum absolute atomic E-state index is 13.1. The fraction of sp³-hybridized carbons (Fsp3) is 0.300. The molecule has 4 nitrogen and oxygen atoms in total. The zero-order valence-electron chi connectivity index (χ0n) is 14.8. The van der Waals surface area contributed by atoms with Gasteiger partial charge in [0.1, 0.15) is 0 Å². The Hall–Kier alpha value is -2.54. The van der Waals surface area contributed by atoms with Gasteiger partial charge < -0.3 is 10.2 Å². The first kappa shape index (κ1) is 20.2. The van der Waals surface area contributed by atoms with Gasteiger partial charge in [0.05, 0.1) is 11.3 Å². The Morgan fingerprint density at radius 3 is 2.57 bits per heavy atom. The average molecular weight is 411 g/mol. The van der Waals surface area contributed by atoms with Crippen molar-refractivity contribution in [3.8, 4) is 0 Å². The van der Waals surface area contributed by atoms with Crippen LogP contribution in [-0.2, 0) is 6.18 Å². The van der Waals surface area contributed by atoms with E-state index in [2.05, 4.69) is 5.32 Å². The average Bonchev–Trinajstić information content (AvgIpc) is 2.67. The van der Waals surface area contributed by atoms with E-state index in [-0.39, 0.29) is 18.0 Å². The van der Waals surface area contributed by atoms with Gasteiger partial charge in [-0.2, -0.15) is 13.2 Å². The number of carbonyl (C=O) groups is 2. The van der Waals surface area contributed by atoms with Crippen molar-refractivity contribution in [1.29, 1.82) is 0 Å². The number of ketones is 1. The fourth-order valence-electron chi connectivity index (χ4n) is 3.29. The summed E-state index contributed by atoms with van der Waals surface area (Å²) in [4.78, 5) is 26.6. The number of hydrogen-bond donors (Lipinski definition) is 1. The molecule has 0 unspecified atom stereocenters. The van der Waals surface area contributed by atoms with Gasteiger partial charge in [0, 0.05) is 29.6 Å². The minimum Gasteiger partial charge on any atom is -0.324 e. The maximum atomic E-state index is 13.1. The zero-order valence-corrected chi connectivity index (χ0v) is 15.6. The van der Waals surface area contributed by atoms with Crippen molar-refractivity contribution >= 4 is 29.1 Å². The number of carbonyl (C=O) groups excluding carboxylic acids is 2. The molecule has 2 amide bonds. The van der Waals surface area contributed by atoms with Crippen LogP contribution in [0.4, 0.5) is 23.7 Å². The van der Waals surface area contributed by atoms with E-state index in [4.69, 9.17) is 11.6 Å². The quantitative estimate of drug-likeness (QED) is 0.680. The van der Waals surface area contributed by atoms with Gasteiger partial charge in [-0.25, -0.2) is 4.79 Å². The standard InChI is InChI=1S/C20H18ClF3N2O2/c21-15-7-3-5-13(11-15)18(27)14-6-4-10-26(12-14)19(28)25-17-9-2-1-8-16(17)20(22,23)24/h1-3,5,7-9,11,14H,4,6,10,12H2,(H,25,28)/t14-/m0/s1. The van der Waals surface area contributed by atoms with Crippen LogP contribution in [-0.4, -0.2) is 29.8 Å². The molecule has 3 rings (SSSR count). The molecule has 1 saturated heterocycles. The number of benzene rings is 2. The molecule has 0 spiro atoms. The number of amides is 2. The molecule has 0 radical (unpaired) electrons. The van der Waals surface area contributed by atoms with Crippen molar-refractivity contribution in [3.05, 3.63) is 64.7 Å². The van der Waals surface area contributed by atoms with Gasteiger partial charge in [-0.15, -0.1) is 0 Å². The second kappa shape index (κ2) is 8.22. The molecule has 0 saturated carbocycles. The number of likely N-dealkylation sites (tertiary alicyclic amines) is 1. The van der Waals surface area contributed by atoms with Gasteiger partial charge in [-0.05, 0) is 37.1 Å². The summed E-state index contributed by atoms with van der Waals surface area (Å²) in [6.45, 7) is 0.519. The summed E-state index contributed by atoms with van der Waals surface area (Å²) in [5.41, 5.74) is -0.752. The minimum absolute atomic E-state index is 0.129. The van der Waals surface area contributed by atoms with Crippen molar-refractivity contribution < 1.29 is 22.8 Å². The van der Waals surface area contributed by atoms with E-state index in [0.29, 0.717) is 30.0 Å². The van der Waals surface area contributed by atoms with Crippen molar-refractivity contribution in [2.75, 3.05) is 18.4 Å². The molecule has 1 aliphatic heterocycles. The van der Waals surface area contributed by atoms with E-state index < -0.39 is 23.7 Å². The van der Waals surface area contributed by atoms with Crippen LogP contribution in [0, 0.1) is 5.92 Å². The number of alkyl halides is 3. The van der Waals surface area contributed by atoms with Gasteiger partial charge >= 0.3 is 12.2 Å². The monoisotopic (exact) mass is 410 g/mol. The van der Waals surface area contributed by atoms with E-state index in [1.165, 1.54) is 23.1 Å². The van der Waals surface area contributed by atoms with Crippen LogP contribution in [0.2, 0.25) is 5.02 Å². The minimum atomic E-state index is -4.57. The van der Waals surface area contributed by atoms with Crippen molar-refractivity contribution in [3.63, 3.8) is 0 Å². The van der Waals surface area contributed by atoms with Crippen molar-refractivity contribution in [2.45, 2.75) is 19.0 Å². The largest absolute Gasteiger partial charge is 0.418 e. The summed E-state index contributed by atoms with van der Waals surface area (Å²) >= 11 is 5.93. The first-order valence-corrected chi connectivity index (χ1v) is 9.15. The van der Waals surface area contributed by atoms with Gasteiger partial charge in [0.2, 0.25) is 0 Å². The fourth-order valence-corrected chi connectivity index (χ4v) is 3.48. The summed E-state index contributed by atoms with van der Waals surface area (Å²) in [5, 5.41) is 2.77. The number of urea groups is 1. The smallest absolute Gasteiger partial charge is 0.324 e. The van der Waals surface area contributed by atoms with Crippen molar-refractivity contribution in [1.82, 2.24) is 4.90 Å². The van der Waals surface area contributed by atoms with E-state index in [9.17, 15) is 22.8 Å². The highest BCUT2D eigenvalue weighted by Gasteiger charge is 2.35. The van der Waals surface area contributed by atoms with Gasteiger partial charge in [0.15, 0.2) is 5.78 Å². The Morgan fingerprint density at radius 2 is 1.86 bits per heavy atom. The highest BCUT2D eigenvalue weighted by atomic mass is 35.5. The van der Waals surface area contributed by atoms with Crippen molar-refractivity contribution in [2.24, 2.45) is 5.92 Å². The molecule has 8 heteroatoms. The molecule has 0 aromatic heterocycles. The zero-order chi connectivity index (χ0) is 20.3. The van der Waals surface area contributed by atoms with Crippen LogP contribution in [0.25, 0.3) is 0 Å². The van der Waals surface area contributed by atoms with E-state index in [0.717, 1.165) is 6.07 Å². The van der Waals surface area contributed by atoms with Gasteiger partial charge in [-0.3, -0.25) is 4.79 Å². The Morgan fingerprint density at radius 1 is 1.11 bits per heavy atom. The summed E-state index contributed by atoms with van der Waals surface area (Å²) in [6, 6.07) is 10.7. The van der Waals surface area contributed by atoms with E-state index in [1.807, 2.05) is 0 Å². The molecule has 2 aromatic carbocycles. The lowest BCUT2D eigenvalue weighted by Crippen LogP contribution is -2.44. The lowest BCUT2D eigenvalue weighted by molar-refractivity contribution is -0.136. The van der Waals surface area contributed by atoms with Crippen LogP contribution in [0.5, 0.6) is 0 Å². The number of piperidine rings is 1. The van der Waals surface area contributed by atoms with E-state index in [1.54, 1.807) is 24.3 Å². The van der Waals surface area contributed by atoms with Crippen LogP contribution in [0.3, 0.4) is 0 Å². The lowest BCUT2D eigenvalue weighted by Gasteiger charge is -2.32. The van der Waals surface area contributed by atoms with Crippen LogP contribution in [0.1, 0.15) is 28.8 Å². The second-order valence-electron chi connectivity index (χ2n) is 6.63. The third kappa shape index (κ3) is 4.65. The number of nitrogens with zero attached hydrogens (tertiary/aromatic N) is 1. The molecule has 28 heavy (non-hydrogen) atoms. The number of rotatable bonds is 3. The Balaban J connectivity index is 1.71. The molecule has 148 valence electrons. The highest BCUT2D eigenvalue weighted by molar-refractivity contribution is 6.31. The Kier molecular flexibility index (Phi) is 5.93. The molecule has 0 aliphatic carbocycles. The predicted molar refractivity (Wildman–Crippen MR) is 101 cm³/mol. The van der Waals surface area contributed by atoms with Gasteiger partial charge in [0.25, 0.3) is 0 Å². The lowest BCUT2D eigenvalue weighted by atomic mass is 9.90. The molecule has 1 atom stereocenters. The molecule has 1 heterocycles. The van der Waals surface area contributed by atoms with Crippen LogP contribution >= 0.6 is 11.6 Å². The molecule has 0 bridgehead atoms. The first-order chi connectivity index (χ1) is 13.3. The summed E-state index contributed by atoms with van der Waals surface area (Å²) in [5.74, 6) is -0.550. The second-order valence-corrected chi connectivity index (χ2v) is 7.07. The normalized spacial score (nSPS) is 17.3. The summed E-state index contributed by atoms with van der Waals surface area (Å²) < 4.78 is 39.3. The summed E-state index contributed by atoms with van der Waals surface area (Å²) in [6.07, 6.45) is -3.38. The number of para-hydroxylation sites is 1. The predicted octanol–water partition coefficient (Wildman–Crippen LogP) is 5.49. The third-order valence-electron chi connectivity index (χ3n) is 4.66. The number of nitrogens with one attached hydrogen (secondary N) is 1. The molecule has 2 aromatic rings. The number of Topliss-reactive ketones (excluding diaryl/α,β-unsaturated/α-hetero) is 1. The molecular formula is C20H18ClF3N2O2. The summed E-state index contributed by atoms with van der Waals surface area (Å²) in [7, 11) is 0. The topological polar surface area (TPSA) is 49.4 Å². The Labute approximate surface area is 165 Å². The molecule has 1 aliphatic rings. The first-order valence-electron chi connectivity index (χ1n) is 8.77.